The minimum absolute atomic E-state index is 0.0454. The first-order valence-electron chi connectivity index (χ1n) is 11.0. The van der Waals surface area contributed by atoms with E-state index < -0.39 is 17.1 Å². The summed E-state index contributed by atoms with van der Waals surface area (Å²) in [5.74, 6) is 5.70. The average molecular weight is 442 g/mol. The quantitative estimate of drug-likeness (QED) is 0.641. The maximum absolute atomic E-state index is 15.3. The van der Waals surface area contributed by atoms with E-state index in [2.05, 4.69) is 18.0 Å². The van der Waals surface area contributed by atoms with Gasteiger partial charge in [0, 0.05) is 43.6 Å². The van der Waals surface area contributed by atoms with Gasteiger partial charge in [0.2, 0.25) is 0 Å². The summed E-state index contributed by atoms with van der Waals surface area (Å²) in [6.45, 7) is 2.02. The first-order valence-corrected chi connectivity index (χ1v) is 11.0. The minimum Gasteiger partial charge on any atom is -0.492 e. The zero-order valence-electron chi connectivity index (χ0n) is 18.3. The maximum Gasteiger partial charge on any atom is 0.350 e. The molecule has 1 aliphatic heterocycles. The lowest BCUT2D eigenvalue weighted by Crippen LogP contribution is -2.58. The molecule has 9 nitrogen and oxygen atoms in total. The molecule has 3 aliphatic rings. The first kappa shape index (κ1) is 20.8. The number of benzene rings is 1. The van der Waals surface area contributed by atoms with E-state index in [1.807, 2.05) is 4.90 Å². The van der Waals surface area contributed by atoms with Crippen LogP contribution in [0.5, 0.6) is 5.75 Å². The Morgan fingerprint density at radius 1 is 1.34 bits per heavy atom. The average Bonchev–Trinajstić information content (AvgIpc) is 3.65. The number of anilines is 1. The van der Waals surface area contributed by atoms with E-state index in [1.165, 1.54) is 17.7 Å². The van der Waals surface area contributed by atoms with E-state index in [-0.39, 0.29) is 28.4 Å². The van der Waals surface area contributed by atoms with Crippen molar-refractivity contribution in [3.63, 3.8) is 0 Å². The Morgan fingerprint density at radius 2 is 2.03 bits per heavy atom. The Morgan fingerprint density at radius 3 is 2.59 bits per heavy atom. The van der Waals surface area contributed by atoms with Crippen LogP contribution in [0.25, 0.3) is 10.9 Å². The number of nitrogens with zero attached hydrogens (tertiary/aromatic N) is 5. The third-order valence-corrected chi connectivity index (χ3v) is 7.44. The van der Waals surface area contributed by atoms with E-state index in [1.54, 1.807) is 0 Å². The summed E-state index contributed by atoms with van der Waals surface area (Å²) in [5, 5.41) is 8.95. The molecule has 0 atom stereocenters. The monoisotopic (exact) mass is 442 g/mol. The third kappa shape index (κ3) is 2.91. The number of fused-ring (bicyclic) bond motifs is 1. The van der Waals surface area contributed by atoms with Crippen LogP contribution in [0.3, 0.4) is 0 Å². The van der Waals surface area contributed by atoms with Crippen molar-refractivity contribution in [1.82, 2.24) is 14.1 Å². The number of halogens is 1. The van der Waals surface area contributed by atoms with E-state index in [0.717, 1.165) is 32.2 Å². The molecule has 170 valence electrons. The standard InChI is InChI=1S/C22H27FN6O3/c1-26(9-3-8-24)22(6-7-22)13-11-27(12-13)18-16(23)10-15-17(19(18)32-2)28(14-4-5-14)21(31)29(25)20(15)30/h10,13-14H,3-7,9,11-12,25H2,1-2H3. The van der Waals surface area contributed by atoms with Crippen LogP contribution in [0.1, 0.15) is 38.1 Å². The van der Waals surface area contributed by atoms with Gasteiger partial charge in [-0.1, -0.05) is 0 Å². The number of rotatable bonds is 7. The zero-order chi connectivity index (χ0) is 22.8. The minimum atomic E-state index is -0.733. The summed E-state index contributed by atoms with van der Waals surface area (Å²) < 4.78 is 23.0. The van der Waals surface area contributed by atoms with Crippen LogP contribution in [0, 0.1) is 23.1 Å². The van der Waals surface area contributed by atoms with Crippen molar-refractivity contribution in [2.45, 2.75) is 43.7 Å². The van der Waals surface area contributed by atoms with Gasteiger partial charge >= 0.3 is 5.69 Å². The van der Waals surface area contributed by atoms with Gasteiger partial charge in [0.25, 0.3) is 5.56 Å². The van der Waals surface area contributed by atoms with Crippen LogP contribution in [0.15, 0.2) is 15.7 Å². The number of aromatic nitrogens is 2. The maximum atomic E-state index is 15.3. The molecule has 2 heterocycles. The van der Waals surface area contributed by atoms with Crippen LogP contribution in [-0.2, 0) is 0 Å². The molecular weight excluding hydrogens is 415 g/mol. The molecule has 2 saturated carbocycles. The largest absolute Gasteiger partial charge is 0.492 e. The van der Waals surface area contributed by atoms with Crippen LogP contribution < -0.4 is 26.7 Å². The van der Waals surface area contributed by atoms with Gasteiger partial charge in [-0.25, -0.2) is 9.18 Å². The second-order valence-corrected chi connectivity index (χ2v) is 9.23. The van der Waals surface area contributed by atoms with Crippen molar-refractivity contribution in [2.24, 2.45) is 5.92 Å². The molecule has 32 heavy (non-hydrogen) atoms. The SMILES string of the molecule is COc1c(N2CC(C3(N(C)CCC#N)CC3)C2)c(F)cc2c(=O)n(N)c(=O)n(C3CC3)c12. The molecule has 5 rings (SSSR count). The van der Waals surface area contributed by atoms with Crippen LogP contribution in [-0.4, -0.2) is 53.5 Å². The van der Waals surface area contributed by atoms with Crippen molar-refractivity contribution in [1.29, 1.82) is 5.26 Å². The van der Waals surface area contributed by atoms with Gasteiger partial charge in [-0.15, -0.1) is 0 Å². The molecule has 0 radical (unpaired) electrons. The fourth-order valence-electron chi connectivity index (χ4n) is 5.27. The molecule has 2 aromatic rings. The predicted octanol–water partition coefficient (Wildman–Crippen LogP) is 1.17. The number of hydrogen-bond donors (Lipinski definition) is 1. The second kappa shape index (κ2) is 7.24. The Kier molecular flexibility index (Phi) is 4.71. The molecule has 1 saturated heterocycles. The Bertz CT molecular complexity index is 1250. The topological polar surface area (TPSA) is 110 Å². The predicted molar refractivity (Wildman–Crippen MR) is 118 cm³/mol. The van der Waals surface area contributed by atoms with Gasteiger partial charge in [-0.05, 0) is 38.8 Å². The fourth-order valence-corrected chi connectivity index (χ4v) is 5.27. The summed E-state index contributed by atoms with van der Waals surface area (Å²) in [7, 11) is 3.49. The van der Waals surface area contributed by atoms with E-state index in [0.29, 0.717) is 35.6 Å². The summed E-state index contributed by atoms with van der Waals surface area (Å²) in [5.41, 5.74) is -0.674. The van der Waals surface area contributed by atoms with E-state index >= 15 is 4.39 Å². The highest BCUT2D eigenvalue weighted by atomic mass is 19.1. The van der Waals surface area contributed by atoms with Crippen molar-refractivity contribution in [2.75, 3.05) is 44.5 Å². The molecule has 2 aliphatic carbocycles. The highest BCUT2D eigenvalue weighted by Gasteiger charge is 2.56. The van der Waals surface area contributed by atoms with Gasteiger partial charge in [-0.3, -0.25) is 14.3 Å². The number of ether oxygens (including phenoxy) is 1. The summed E-state index contributed by atoms with van der Waals surface area (Å²) in [6.07, 6.45) is 4.22. The summed E-state index contributed by atoms with van der Waals surface area (Å²) in [4.78, 5) is 29.6. The number of nitrogen functional groups attached to an aromatic ring is 1. The molecule has 1 aromatic carbocycles. The fraction of sp³-hybridized carbons (Fsp3) is 0.591. The number of methoxy groups -OCH3 is 1. The third-order valence-electron chi connectivity index (χ3n) is 7.44. The molecule has 0 unspecified atom stereocenters. The normalized spacial score (nSPS) is 19.8. The molecule has 0 bridgehead atoms. The molecular formula is C22H27FN6O3. The van der Waals surface area contributed by atoms with Crippen LogP contribution >= 0.6 is 0 Å². The lowest BCUT2D eigenvalue weighted by atomic mass is 9.87. The van der Waals surface area contributed by atoms with Crippen molar-refractivity contribution in [3.8, 4) is 11.8 Å². The zero-order valence-corrected chi connectivity index (χ0v) is 18.3. The lowest BCUT2D eigenvalue weighted by molar-refractivity contribution is 0.131. The molecule has 0 spiro atoms. The van der Waals surface area contributed by atoms with E-state index in [9.17, 15) is 9.59 Å². The Labute approximate surface area is 184 Å². The van der Waals surface area contributed by atoms with Gasteiger partial charge in [0.1, 0.15) is 11.2 Å². The summed E-state index contributed by atoms with van der Waals surface area (Å²) >= 11 is 0. The van der Waals surface area contributed by atoms with E-state index in [4.69, 9.17) is 15.8 Å². The molecule has 2 N–H and O–H groups in total. The second-order valence-electron chi connectivity index (χ2n) is 9.23. The highest BCUT2D eigenvalue weighted by molar-refractivity contribution is 5.91. The Hall–Kier alpha value is -3.06. The van der Waals surface area contributed by atoms with Crippen molar-refractivity contribution >= 4 is 16.6 Å². The van der Waals surface area contributed by atoms with Gasteiger partial charge < -0.3 is 15.5 Å². The summed E-state index contributed by atoms with van der Waals surface area (Å²) in [6, 6.07) is 3.31. The molecule has 0 amide bonds. The molecule has 1 aromatic heterocycles. The van der Waals surface area contributed by atoms with Gasteiger partial charge in [0.05, 0.1) is 18.6 Å². The lowest BCUT2D eigenvalue weighted by Gasteiger charge is -2.48. The van der Waals surface area contributed by atoms with Crippen molar-refractivity contribution in [3.05, 3.63) is 32.7 Å². The molecule has 3 fully saturated rings. The van der Waals surface area contributed by atoms with Crippen LogP contribution in [0.4, 0.5) is 10.1 Å². The highest BCUT2D eigenvalue weighted by Crippen LogP contribution is 2.52. The first-order chi connectivity index (χ1) is 15.3. The van der Waals surface area contributed by atoms with Crippen LogP contribution in [0.2, 0.25) is 0 Å². The number of nitriles is 1. The van der Waals surface area contributed by atoms with Gasteiger partial charge in [0.15, 0.2) is 11.6 Å². The number of nitrogens with two attached hydrogens (primary N) is 1. The molecule has 10 heteroatoms. The smallest absolute Gasteiger partial charge is 0.350 e. The number of hydrogen-bond acceptors (Lipinski definition) is 7. The Balaban J connectivity index is 1.54. The van der Waals surface area contributed by atoms with Gasteiger partial charge in [-0.2, -0.15) is 9.94 Å². The van der Waals surface area contributed by atoms with Crippen molar-refractivity contribution < 1.29 is 9.13 Å².